The molecular weight excluding hydrogens is 282 g/mol. The lowest BCUT2D eigenvalue weighted by molar-refractivity contribution is 0.105. The summed E-state index contributed by atoms with van der Waals surface area (Å²) < 4.78 is 16.2. The Hall–Kier alpha value is -2.40. The summed E-state index contributed by atoms with van der Waals surface area (Å²) in [6, 6.07) is 10.7. The van der Waals surface area contributed by atoms with E-state index < -0.39 is 6.10 Å². The van der Waals surface area contributed by atoms with Crippen LogP contribution in [0.1, 0.15) is 17.2 Å². The van der Waals surface area contributed by atoms with Crippen LogP contribution < -0.4 is 19.9 Å². The molecule has 0 saturated carbocycles. The van der Waals surface area contributed by atoms with Crippen LogP contribution in [-0.4, -0.2) is 25.9 Å². The Labute approximate surface area is 130 Å². The van der Waals surface area contributed by atoms with Crippen molar-refractivity contribution in [3.8, 4) is 17.2 Å². The molecule has 1 unspecified atom stereocenters. The summed E-state index contributed by atoms with van der Waals surface area (Å²) in [4.78, 5) is 0. The zero-order valence-electron chi connectivity index (χ0n) is 13.0. The molecular formula is C17H21NO4. The van der Waals surface area contributed by atoms with Crippen molar-refractivity contribution in [1.82, 2.24) is 0 Å². The lowest BCUT2D eigenvalue weighted by Gasteiger charge is -2.18. The maximum absolute atomic E-state index is 10.4. The van der Waals surface area contributed by atoms with E-state index in [0.29, 0.717) is 28.5 Å². The Morgan fingerprint density at radius 3 is 2.45 bits per heavy atom. The van der Waals surface area contributed by atoms with Crippen LogP contribution in [-0.2, 0) is 0 Å². The number of methoxy groups -OCH3 is 2. The van der Waals surface area contributed by atoms with Crippen LogP contribution in [0.3, 0.4) is 0 Å². The van der Waals surface area contributed by atoms with Crippen molar-refractivity contribution in [2.75, 3.05) is 26.6 Å². The Morgan fingerprint density at radius 2 is 1.82 bits per heavy atom. The van der Waals surface area contributed by atoms with Gasteiger partial charge < -0.3 is 25.1 Å². The molecule has 2 aromatic rings. The zero-order valence-corrected chi connectivity index (χ0v) is 13.0. The summed E-state index contributed by atoms with van der Waals surface area (Å²) in [6.45, 7) is 2.01. The molecule has 2 rings (SSSR count). The number of rotatable bonds is 6. The second-order valence-electron chi connectivity index (χ2n) is 4.96. The Kier molecular flexibility index (Phi) is 5.12. The summed E-state index contributed by atoms with van der Waals surface area (Å²) in [5.41, 5.74) is 7.87. The lowest BCUT2D eigenvalue weighted by Crippen LogP contribution is -2.11. The van der Waals surface area contributed by atoms with Gasteiger partial charge in [-0.3, -0.25) is 0 Å². The van der Waals surface area contributed by atoms with Crippen LogP contribution in [0, 0.1) is 6.92 Å². The van der Waals surface area contributed by atoms with Gasteiger partial charge in [0.05, 0.1) is 14.2 Å². The third kappa shape index (κ3) is 3.62. The summed E-state index contributed by atoms with van der Waals surface area (Å²) in [7, 11) is 3.16. The maximum Gasteiger partial charge on any atom is 0.125 e. The molecule has 5 nitrogen and oxygen atoms in total. The number of aliphatic hydroxyl groups is 1. The van der Waals surface area contributed by atoms with Gasteiger partial charge in [0.1, 0.15) is 30.0 Å². The minimum Gasteiger partial charge on any atom is -0.496 e. The number of hydrogen-bond donors (Lipinski definition) is 2. The van der Waals surface area contributed by atoms with Crippen LogP contribution in [0.4, 0.5) is 5.69 Å². The first-order chi connectivity index (χ1) is 10.5. The fourth-order valence-electron chi connectivity index (χ4n) is 2.20. The van der Waals surface area contributed by atoms with Gasteiger partial charge in [-0.05, 0) is 36.8 Å². The van der Waals surface area contributed by atoms with E-state index in [1.165, 1.54) is 0 Å². The highest BCUT2D eigenvalue weighted by Gasteiger charge is 2.17. The highest BCUT2D eigenvalue weighted by Crippen LogP contribution is 2.32. The zero-order chi connectivity index (χ0) is 16.1. The summed E-state index contributed by atoms with van der Waals surface area (Å²) in [5.74, 6) is 1.90. The lowest BCUT2D eigenvalue weighted by atomic mass is 10.1. The summed E-state index contributed by atoms with van der Waals surface area (Å²) >= 11 is 0. The molecule has 1 atom stereocenters. The molecule has 0 radical (unpaired) electrons. The van der Waals surface area contributed by atoms with Gasteiger partial charge in [0.2, 0.25) is 0 Å². The van der Waals surface area contributed by atoms with E-state index in [4.69, 9.17) is 19.9 Å². The van der Waals surface area contributed by atoms with Gasteiger partial charge in [0.25, 0.3) is 0 Å². The Balaban J connectivity index is 2.16. The van der Waals surface area contributed by atoms with Crippen molar-refractivity contribution in [3.63, 3.8) is 0 Å². The normalized spacial score (nSPS) is 11.8. The number of aliphatic hydroxyl groups excluding tert-OH is 1. The largest absolute Gasteiger partial charge is 0.496 e. The van der Waals surface area contributed by atoms with Crippen molar-refractivity contribution >= 4 is 5.69 Å². The quantitative estimate of drug-likeness (QED) is 0.803. The highest BCUT2D eigenvalue weighted by atomic mass is 16.5. The third-order valence-electron chi connectivity index (χ3n) is 3.37. The first kappa shape index (κ1) is 16.0. The topological polar surface area (TPSA) is 73.9 Å². The van der Waals surface area contributed by atoms with E-state index in [1.807, 2.05) is 13.0 Å². The fourth-order valence-corrected chi connectivity index (χ4v) is 2.20. The predicted octanol–water partition coefficient (Wildman–Crippen LogP) is 2.71. The van der Waals surface area contributed by atoms with Crippen molar-refractivity contribution in [1.29, 1.82) is 0 Å². The molecule has 22 heavy (non-hydrogen) atoms. The molecule has 0 aliphatic heterocycles. The standard InChI is InChI=1S/C17H21NO4/c1-11-7-17(21-3)14(9-16(11)20-2)15(19)10-22-13-6-4-5-12(18)8-13/h4-9,15,19H,10,18H2,1-3H3. The first-order valence-corrected chi connectivity index (χ1v) is 6.94. The SMILES string of the molecule is COc1cc(C(O)COc2cccc(N)c2)c(OC)cc1C. The van der Waals surface area contributed by atoms with Crippen LogP contribution in [0.15, 0.2) is 36.4 Å². The molecule has 0 aromatic heterocycles. The minimum atomic E-state index is -0.842. The Bertz CT molecular complexity index is 643. The van der Waals surface area contributed by atoms with E-state index in [9.17, 15) is 5.11 Å². The molecule has 0 spiro atoms. The molecule has 5 heteroatoms. The first-order valence-electron chi connectivity index (χ1n) is 6.94. The number of aryl methyl sites for hydroxylation is 1. The molecule has 118 valence electrons. The summed E-state index contributed by atoms with van der Waals surface area (Å²) in [6.07, 6.45) is -0.842. The van der Waals surface area contributed by atoms with Gasteiger partial charge in [-0.15, -0.1) is 0 Å². The van der Waals surface area contributed by atoms with E-state index in [1.54, 1.807) is 44.6 Å². The van der Waals surface area contributed by atoms with E-state index in [2.05, 4.69) is 0 Å². The highest BCUT2D eigenvalue weighted by molar-refractivity contribution is 5.47. The van der Waals surface area contributed by atoms with Gasteiger partial charge >= 0.3 is 0 Å². The number of anilines is 1. The minimum absolute atomic E-state index is 0.0893. The Morgan fingerprint density at radius 1 is 1.09 bits per heavy atom. The van der Waals surface area contributed by atoms with Crippen LogP contribution in [0.25, 0.3) is 0 Å². The third-order valence-corrected chi connectivity index (χ3v) is 3.37. The van der Waals surface area contributed by atoms with Gasteiger partial charge in [-0.1, -0.05) is 6.07 Å². The molecule has 0 bridgehead atoms. The molecule has 0 aliphatic rings. The van der Waals surface area contributed by atoms with Crippen molar-refractivity contribution in [2.24, 2.45) is 0 Å². The van der Waals surface area contributed by atoms with Crippen molar-refractivity contribution < 1.29 is 19.3 Å². The van der Waals surface area contributed by atoms with Gasteiger partial charge in [-0.25, -0.2) is 0 Å². The van der Waals surface area contributed by atoms with Crippen LogP contribution >= 0.6 is 0 Å². The fraction of sp³-hybridized carbons (Fsp3) is 0.294. The second kappa shape index (κ2) is 7.04. The van der Waals surface area contributed by atoms with Gasteiger partial charge in [0, 0.05) is 17.3 Å². The number of benzene rings is 2. The summed E-state index contributed by atoms with van der Waals surface area (Å²) in [5, 5.41) is 10.4. The number of nitrogens with two attached hydrogens (primary N) is 1. The number of nitrogen functional groups attached to an aromatic ring is 1. The molecule has 0 saturated heterocycles. The number of ether oxygens (including phenoxy) is 3. The predicted molar refractivity (Wildman–Crippen MR) is 85.6 cm³/mol. The molecule has 0 heterocycles. The molecule has 2 aromatic carbocycles. The molecule has 3 N–H and O–H groups in total. The van der Waals surface area contributed by atoms with Gasteiger partial charge in [0.15, 0.2) is 0 Å². The van der Waals surface area contributed by atoms with E-state index in [-0.39, 0.29) is 6.61 Å². The van der Waals surface area contributed by atoms with E-state index >= 15 is 0 Å². The monoisotopic (exact) mass is 303 g/mol. The number of hydrogen-bond acceptors (Lipinski definition) is 5. The molecule has 0 aliphatic carbocycles. The van der Waals surface area contributed by atoms with Crippen LogP contribution in [0.2, 0.25) is 0 Å². The van der Waals surface area contributed by atoms with Crippen LogP contribution in [0.5, 0.6) is 17.2 Å². The average molecular weight is 303 g/mol. The maximum atomic E-state index is 10.4. The van der Waals surface area contributed by atoms with Gasteiger partial charge in [-0.2, -0.15) is 0 Å². The average Bonchev–Trinajstić information content (AvgIpc) is 2.52. The van der Waals surface area contributed by atoms with E-state index in [0.717, 1.165) is 5.56 Å². The second-order valence-corrected chi connectivity index (χ2v) is 4.96. The molecule has 0 amide bonds. The van der Waals surface area contributed by atoms with Crippen molar-refractivity contribution in [3.05, 3.63) is 47.5 Å². The molecule has 0 fully saturated rings. The smallest absolute Gasteiger partial charge is 0.125 e. The van der Waals surface area contributed by atoms with Crippen molar-refractivity contribution in [2.45, 2.75) is 13.0 Å².